The highest BCUT2D eigenvalue weighted by molar-refractivity contribution is 6.76. The monoisotopic (exact) mass is 670 g/mol. The maximum Gasteiger partial charge on any atom is 0.272 e. The molecule has 3 aromatic rings. The lowest BCUT2D eigenvalue weighted by Crippen LogP contribution is -2.47. The molecule has 45 heavy (non-hydrogen) atoms. The van der Waals surface area contributed by atoms with Gasteiger partial charge in [0, 0.05) is 37.2 Å². The number of hydrogen-bond donors (Lipinski definition) is 2. The first-order valence-electron chi connectivity index (χ1n) is 15.6. The first-order chi connectivity index (χ1) is 21.7. The van der Waals surface area contributed by atoms with Gasteiger partial charge in [-0.1, -0.05) is 133 Å². The van der Waals surface area contributed by atoms with Gasteiger partial charge in [-0.2, -0.15) is 0 Å². The topological polar surface area (TPSA) is 71.0 Å². The van der Waals surface area contributed by atoms with E-state index in [1.807, 2.05) is 78.9 Å². The van der Waals surface area contributed by atoms with Gasteiger partial charge in [0.25, 0.3) is 9.70 Å². The number of nitrogens with one attached hydrogen (secondary N) is 1. The summed E-state index contributed by atoms with van der Waals surface area (Å²) in [6.45, 7) is 8.08. The SMILES string of the molecule is C=CCN(C[C@H]1O[C@@H](c2ccc(-c3ccccc3CNC(=O)C(Cl)(Cl)Cl)cc2)O[C@@H](c2ccc(CO)cc2)[C@H]1C)C1CCCC1. The molecule has 1 aliphatic heterocycles. The van der Waals surface area contributed by atoms with Crippen LogP contribution >= 0.6 is 34.8 Å². The van der Waals surface area contributed by atoms with E-state index in [9.17, 15) is 9.90 Å². The van der Waals surface area contributed by atoms with Crippen LogP contribution in [0.3, 0.4) is 0 Å². The van der Waals surface area contributed by atoms with Crippen LogP contribution in [0.5, 0.6) is 0 Å². The predicted molar refractivity (Wildman–Crippen MR) is 181 cm³/mol. The molecule has 1 saturated carbocycles. The van der Waals surface area contributed by atoms with Crippen LogP contribution in [0.4, 0.5) is 0 Å². The molecule has 2 aliphatic rings. The van der Waals surface area contributed by atoms with Gasteiger partial charge in [0.15, 0.2) is 6.29 Å². The number of carbonyl (C=O) groups excluding carboxylic acids is 1. The number of nitrogens with zero attached hydrogens (tertiary/aromatic N) is 1. The lowest BCUT2D eigenvalue weighted by Gasteiger charge is -2.43. The lowest BCUT2D eigenvalue weighted by atomic mass is 9.89. The summed E-state index contributed by atoms with van der Waals surface area (Å²) in [5.74, 6) is -0.572. The molecule has 6 nitrogen and oxygen atoms in total. The van der Waals surface area contributed by atoms with Crippen LogP contribution in [0.15, 0.2) is 85.5 Å². The van der Waals surface area contributed by atoms with E-state index in [2.05, 4.69) is 23.7 Å². The molecule has 9 heteroatoms. The molecule has 1 saturated heterocycles. The Bertz CT molecular complexity index is 1420. The fourth-order valence-corrected chi connectivity index (χ4v) is 6.62. The highest BCUT2D eigenvalue weighted by Crippen LogP contribution is 2.42. The van der Waals surface area contributed by atoms with Crippen molar-refractivity contribution >= 4 is 40.7 Å². The van der Waals surface area contributed by atoms with E-state index in [0.29, 0.717) is 6.04 Å². The number of aliphatic hydroxyl groups is 1. The van der Waals surface area contributed by atoms with Crippen molar-refractivity contribution < 1.29 is 19.4 Å². The Balaban J connectivity index is 1.39. The first-order valence-corrected chi connectivity index (χ1v) is 16.7. The number of carbonyl (C=O) groups is 1. The number of ether oxygens (including phenoxy) is 2. The van der Waals surface area contributed by atoms with Gasteiger partial charge < -0.3 is 19.9 Å². The summed E-state index contributed by atoms with van der Waals surface area (Å²) < 4.78 is 11.4. The molecule has 0 unspecified atom stereocenters. The van der Waals surface area contributed by atoms with Crippen molar-refractivity contribution in [1.29, 1.82) is 0 Å². The van der Waals surface area contributed by atoms with Crippen LogP contribution in [0.2, 0.25) is 0 Å². The predicted octanol–water partition coefficient (Wildman–Crippen LogP) is 8.05. The number of halogens is 3. The second kappa shape index (κ2) is 15.4. The zero-order valence-electron chi connectivity index (χ0n) is 25.5. The standard InChI is InChI=1S/C36H41Cl3N2O4/c1-3-20-41(30-9-5-6-10-30)22-32-24(2)33(27-14-12-25(23-42)13-15-27)45-34(44-32)28-18-16-26(17-19-28)31-11-7-4-8-29(31)21-40-35(43)36(37,38)39/h3-4,7-8,11-19,24,30,32-34,42H,1,5-6,9-10,20-23H2,2H3,(H,40,43)/t24-,32+,33+,34+/m0/s1. The zero-order chi connectivity index (χ0) is 32.0. The molecular formula is C36H41Cl3N2O4. The van der Waals surface area contributed by atoms with E-state index < -0.39 is 16.0 Å². The number of hydrogen-bond acceptors (Lipinski definition) is 5. The number of amides is 1. The minimum atomic E-state index is -2.02. The Morgan fingerprint density at radius 3 is 2.31 bits per heavy atom. The van der Waals surface area contributed by atoms with Gasteiger partial charge in [0.2, 0.25) is 0 Å². The van der Waals surface area contributed by atoms with Crippen molar-refractivity contribution in [3.05, 3.63) is 108 Å². The van der Waals surface area contributed by atoms with Crippen LogP contribution in [0.1, 0.15) is 67.3 Å². The van der Waals surface area contributed by atoms with E-state index in [1.165, 1.54) is 25.7 Å². The molecule has 5 rings (SSSR count). The third-order valence-corrected chi connectivity index (χ3v) is 9.47. The smallest absolute Gasteiger partial charge is 0.272 e. The highest BCUT2D eigenvalue weighted by atomic mass is 35.6. The van der Waals surface area contributed by atoms with Gasteiger partial charge >= 0.3 is 0 Å². The van der Waals surface area contributed by atoms with E-state index in [-0.39, 0.29) is 31.3 Å². The van der Waals surface area contributed by atoms with Gasteiger partial charge in [-0.3, -0.25) is 9.69 Å². The van der Waals surface area contributed by atoms with Crippen LogP contribution in [0, 0.1) is 5.92 Å². The summed E-state index contributed by atoms with van der Waals surface area (Å²) in [5.41, 5.74) is 5.69. The van der Waals surface area contributed by atoms with Gasteiger partial charge in [-0.05, 0) is 40.7 Å². The molecule has 0 bridgehead atoms. The molecule has 1 heterocycles. The Morgan fingerprint density at radius 1 is 1.00 bits per heavy atom. The summed E-state index contributed by atoms with van der Waals surface area (Å²) >= 11 is 17.2. The maximum atomic E-state index is 12.1. The van der Waals surface area contributed by atoms with Crippen molar-refractivity contribution in [3.8, 4) is 11.1 Å². The van der Waals surface area contributed by atoms with Gasteiger partial charge in [-0.25, -0.2) is 0 Å². The number of rotatable bonds is 11. The summed E-state index contributed by atoms with van der Waals surface area (Å²) in [5, 5.41) is 12.3. The molecular weight excluding hydrogens is 631 g/mol. The summed E-state index contributed by atoms with van der Waals surface area (Å²) in [7, 11) is 0. The normalized spacial score (nSPS) is 22.4. The van der Waals surface area contributed by atoms with Crippen molar-refractivity contribution in [3.63, 3.8) is 0 Å². The summed E-state index contributed by atoms with van der Waals surface area (Å²) in [6, 6.07) is 24.5. The van der Waals surface area contributed by atoms with Crippen molar-refractivity contribution in [2.75, 3.05) is 13.1 Å². The molecule has 0 aromatic heterocycles. The highest BCUT2D eigenvalue weighted by Gasteiger charge is 2.40. The zero-order valence-corrected chi connectivity index (χ0v) is 27.8. The fourth-order valence-electron chi connectivity index (χ4n) is 6.42. The number of aliphatic hydroxyl groups excluding tert-OH is 1. The van der Waals surface area contributed by atoms with E-state index in [1.54, 1.807) is 0 Å². The van der Waals surface area contributed by atoms with Crippen LogP contribution in [-0.2, 0) is 27.4 Å². The first kappa shape index (κ1) is 33.9. The quantitative estimate of drug-likeness (QED) is 0.160. The summed E-state index contributed by atoms with van der Waals surface area (Å²) in [4.78, 5) is 14.7. The third-order valence-electron chi connectivity index (χ3n) is 8.95. The lowest BCUT2D eigenvalue weighted by molar-refractivity contribution is -0.276. The van der Waals surface area contributed by atoms with Crippen molar-refractivity contribution in [2.24, 2.45) is 5.92 Å². The van der Waals surface area contributed by atoms with Gasteiger partial charge in [-0.15, -0.1) is 6.58 Å². The molecule has 240 valence electrons. The third kappa shape index (κ3) is 8.49. The van der Waals surface area contributed by atoms with Crippen molar-refractivity contribution in [2.45, 2.75) is 74.1 Å². The summed E-state index contributed by atoms with van der Waals surface area (Å²) in [6.07, 6.45) is 6.13. The molecule has 2 fully saturated rings. The molecule has 2 N–H and O–H groups in total. The fraction of sp³-hybridized carbons (Fsp3) is 0.417. The average Bonchev–Trinajstić information content (AvgIpc) is 3.59. The van der Waals surface area contributed by atoms with E-state index in [4.69, 9.17) is 44.3 Å². The van der Waals surface area contributed by atoms with Crippen LogP contribution in [0.25, 0.3) is 11.1 Å². The Hall–Kier alpha value is -2.42. The largest absolute Gasteiger partial charge is 0.392 e. The molecule has 1 amide bonds. The number of benzene rings is 3. The Labute approximate surface area is 281 Å². The average molecular weight is 672 g/mol. The minimum absolute atomic E-state index is 0.00235. The molecule has 1 aliphatic carbocycles. The van der Waals surface area contributed by atoms with Gasteiger partial charge in [0.1, 0.15) is 0 Å². The Kier molecular flexibility index (Phi) is 11.6. The molecule has 0 spiro atoms. The van der Waals surface area contributed by atoms with Crippen LogP contribution < -0.4 is 5.32 Å². The molecule has 0 radical (unpaired) electrons. The molecule has 4 atom stereocenters. The van der Waals surface area contributed by atoms with Crippen molar-refractivity contribution in [1.82, 2.24) is 10.2 Å². The second-order valence-electron chi connectivity index (χ2n) is 12.0. The van der Waals surface area contributed by atoms with Crippen LogP contribution in [-0.4, -0.2) is 44.9 Å². The van der Waals surface area contributed by atoms with Gasteiger partial charge in [0.05, 0.1) is 18.8 Å². The van der Waals surface area contributed by atoms with E-state index in [0.717, 1.165) is 46.5 Å². The second-order valence-corrected chi connectivity index (χ2v) is 14.2. The number of alkyl halides is 3. The molecule has 3 aromatic carbocycles. The van der Waals surface area contributed by atoms with E-state index >= 15 is 0 Å². The maximum absolute atomic E-state index is 12.1. The Morgan fingerprint density at radius 2 is 1.67 bits per heavy atom. The minimum Gasteiger partial charge on any atom is -0.392 e.